The maximum absolute atomic E-state index is 11.3. The van der Waals surface area contributed by atoms with Gasteiger partial charge < -0.3 is 15.6 Å². The average molecular weight is 200 g/mol. The van der Waals surface area contributed by atoms with Crippen molar-refractivity contribution in [3.8, 4) is 0 Å². The van der Waals surface area contributed by atoms with E-state index in [4.69, 9.17) is 0 Å². The number of nitrogens with one attached hydrogen (secondary N) is 2. The van der Waals surface area contributed by atoms with Crippen molar-refractivity contribution < 1.29 is 9.86 Å². The first-order chi connectivity index (χ1) is 6.72. The summed E-state index contributed by atoms with van der Waals surface area (Å²) >= 11 is 0. The maximum atomic E-state index is 11.3. The molecule has 4 nitrogen and oxygen atoms in total. The average Bonchev–Trinajstić information content (AvgIpc) is 2.10. The predicted octanol–water partition coefficient (Wildman–Crippen LogP) is -0.162. The largest absolute Gasteiger partial charge is 0.634 e. The summed E-state index contributed by atoms with van der Waals surface area (Å²) in [4.78, 5) is 11.3. The van der Waals surface area contributed by atoms with Crippen LogP contribution in [0.4, 0.5) is 0 Å². The van der Waals surface area contributed by atoms with Crippen LogP contribution in [0.1, 0.15) is 39.0 Å². The number of hydroxylamine groups is 2. The lowest BCUT2D eigenvalue weighted by Gasteiger charge is -2.38. The molecule has 2 N–H and O–H groups in total. The molecule has 1 aliphatic rings. The number of quaternary nitrogens is 1. The summed E-state index contributed by atoms with van der Waals surface area (Å²) in [5.74, 6) is 0.110. The van der Waals surface area contributed by atoms with Gasteiger partial charge in [0.15, 0.2) is 0 Å². The van der Waals surface area contributed by atoms with E-state index in [0.29, 0.717) is 19.5 Å². The Balaban J connectivity index is 1.94. The summed E-state index contributed by atoms with van der Waals surface area (Å²) in [5, 5.41) is 13.8. The van der Waals surface area contributed by atoms with Crippen molar-refractivity contribution in [1.82, 2.24) is 5.32 Å². The van der Waals surface area contributed by atoms with Gasteiger partial charge in [0.1, 0.15) is 19.1 Å². The highest BCUT2D eigenvalue weighted by Crippen LogP contribution is 2.02. The minimum atomic E-state index is 0.110. The van der Waals surface area contributed by atoms with E-state index in [-0.39, 0.29) is 17.0 Å². The maximum Gasteiger partial charge on any atom is 0.220 e. The molecule has 0 bridgehead atoms. The molecule has 4 heteroatoms. The summed E-state index contributed by atoms with van der Waals surface area (Å²) in [5.41, 5.74) is 0. The number of unbranched alkanes of at least 4 members (excludes halogenated alkanes) is 3. The molecule has 0 saturated carbocycles. The Hall–Kier alpha value is -0.610. The second-order valence-corrected chi connectivity index (χ2v) is 4.02. The molecule has 82 valence electrons. The van der Waals surface area contributed by atoms with E-state index < -0.39 is 0 Å². The Kier molecular flexibility index (Phi) is 4.90. The Morgan fingerprint density at radius 3 is 2.71 bits per heavy atom. The number of carbonyl (C=O) groups is 1. The van der Waals surface area contributed by atoms with Crippen LogP contribution in [0, 0.1) is 5.21 Å². The van der Waals surface area contributed by atoms with Gasteiger partial charge >= 0.3 is 0 Å². The van der Waals surface area contributed by atoms with Gasteiger partial charge in [-0.25, -0.2) is 0 Å². The van der Waals surface area contributed by atoms with Gasteiger partial charge in [-0.1, -0.05) is 26.2 Å². The van der Waals surface area contributed by atoms with E-state index in [9.17, 15) is 10.0 Å². The molecule has 1 rings (SSSR count). The van der Waals surface area contributed by atoms with Crippen LogP contribution in [-0.4, -0.2) is 25.0 Å². The fourth-order valence-electron chi connectivity index (χ4n) is 1.60. The third-order valence-electron chi connectivity index (χ3n) is 2.57. The Labute approximate surface area is 85.2 Å². The molecule has 0 aliphatic carbocycles. The minimum absolute atomic E-state index is 0.110. The lowest BCUT2D eigenvalue weighted by molar-refractivity contribution is -0.893. The normalized spacial score (nSPS) is 25.6. The molecule has 0 spiro atoms. The molecule has 0 aromatic heterocycles. The summed E-state index contributed by atoms with van der Waals surface area (Å²) in [6.45, 7) is 3.24. The molecule has 1 fully saturated rings. The van der Waals surface area contributed by atoms with Crippen LogP contribution >= 0.6 is 0 Å². The second-order valence-electron chi connectivity index (χ2n) is 4.02. The summed E-state index contributed by atoms with van der Waals surface area (Å²) in [6.07, 6.45) is 5.12. The third kappa shape index (κ3) is 4.07. The first-order valence-electron chi connectivity index (χ1n) is 5.53. The molecule has 1 heterocycles. The fourth-order valence-corrected chi connectivity index (χ4v) is 1.60. The SMILES string of the molecule is CCCCCCC(=O)NC1C[NH+]([O-])C1. The van der Waals surface area contributed by atoms with Crippen LogP contribution in [0.3, 0.4) is 0 Å². The zero-order valence-electron chi connectivity index (χ0n) is 8.84. The van der Waals surface area contributed by atoms with Gasteiger partial charge in [-0.15, -0.1) is 0 Å². The van der Waals surface area contributed by atoms with Gasteiger partial charge in [-0.05, 0) is 6.42 Å². The van der Waals surface area contributed by atoms with Crippen molar-refractivity contribution in [3.63, 3.8) is 0 Å². The van der Waals surface area contributed by atoms with E-state index in [1.165, 1.54) is 12.8 Å². The van der Waals surface area contributed by atoms with Crippen LogP contribution in [0.5, 0.6) is 0 Å². The molecule has 0 aromatic carbocycles. The third-order valence-corrected chi connectivity index (χ3v) is 2.57. The van der Waals surface area contributed by atoms with Crippen LogP contribution in [0.15, 0.2) is 0 Å². The van der Waals surface area contributed by atoms with Crippen LogP contribution in [0.25, 0.3) is 0 Å². The highest BCUT2D eigenvalue weighted by atomic mass is 16.5. The molecule has 0 aromatic rings. The second kappa shape index (κ2) is 5.98. The summed E-state index contributed by atoms with van der Waals surface area (Å²) in [6, 6.07) is 0.140. The van der Waals surface area contributed by atoms with Gasteiger partial charge in [0.05, 0.1) is 0 Å². The quantitative estimate of drug-likeness (QED) is 0.462. The first kappa shape index (κ1) is 11.5. The standard InChI is InChI=1S/C10H20N2O2/c1-2-3-4-5-6-10(13)11-9-7-12(14)8-9/h9,12H,2-8H2,1H3,(H,11,13). The van der Waals surface area contributed by atoms with Crippen LogP contribution < -0.4 is 10.4 Å². The lowest BCUT2D eigenvalue weighted by Crippen LogP contribution is -3.18. The van der Waals surface area contributed by atoms with Crippen molar-refractivity contribution in [2.24, 2.45) is 0 Å². The number of amides is 1. The predicted molar refractivity (Wildman–Crippen MR) is 54.8 cm³/mol. The van der Waals surface area contributed by atoms with E-state index >= 15 is 0 Å². The van der Waals surface area contributed by atoms with E-state index in [1.54, 1.807) is 0 Å². The highest BCUT2D eigenvalue weighted by molar-refractivity contribution is 5.76. The first-order valence-corrected chi connectivity index (χ1v) is 5.53. The Bertz CT molecular complexity index is 179. The highest BCUT2D eigenvalue weighted by Gasteiger charge is 2.26. The molecule has 1 aliphatic heterocycles. The smallest absolute Gasteiger partial charge is 0.220 e. The van der Waals surface area contributed by atoms with E-state index in [2.05, 4.69) is 12.2 Å². The number of carbonyl (C=O) groups excluding carboxylic acids is 1. The zero-order valence-corrected chi connectivity index (χ0v) is 8.84. The number of rotatable bonds is 6. The zero-order chi connectivity index (χ0) is 10.4. The molecule has 0 unspecified atom stereocenters. The molecular formula is C10H20N2O2. The molecule has 0 atom stereocenters. The van der Waals surface area contributed by atoms with Crippen molar-refractivity contribution >= 4 is 5.91 Å². The number of hydrogen-bond acceptors (Lipinski definition) is 2. The molecule has 1 amide bonds. The van der Waals surface area contributed by atoms with Gasteiger partial charge in [0.2, 0.25) is 5.91 Å². The van der Waals surface area contributed by atoms with Crippen molar-refractivity contribution in [3.05, 3.63) is 5.21 Å². The molecule has 0 radical (unpaired) electrons. The monoisotopic (exact) mass is 200 g/mol. The van der Waals surface area contributed by atoms with Crippen LogP contribution in [0.2, 0.25) is 0 Å². The minimum Gasteiger partial charge on any atom is -0.634 e. The molecule has 1 saturated heterocycles. The van der Waals surface area contributed by atoms with E-state index in [0.717, 1.165) is 12.8 Å². The molecular weight excluding hydrogens is 180 g/mol. The van der Waals surface area contributed by atoms with Gasteiger partial charge in [-0.3, -0.25) is 4.79 Å². The topological polar surface area (TPSA) is 56.6 Å². The number of hydrogen-bond donors (Lipinski definition) is 2. The van der Waals surface area contributed by atoms with Crippen molar-refractivity contribution in [2.75, 3.05) is 13.1 Å². The summed E-state index contributed by atoms with van der Waals surface area (Å²) in [7, 11) is 0. The van der Waals surface area contributed by atoms with Gasteiger partial charge in [-0.2, -0.15) is 0 Å². The van der Waals surface area contributed by atoms with Crippen molar-refractivity contribution in [1.29, 1.82) is 0 Å². The van der Waals surface area contributed by atoms with Crippen molar-refractivity contribution in [2.45, 2.75) is 45.1 Å². The fraction of sp³-hybridized carbons (Fsp3) is 0.900. The van der Waals surface area contributed by atoms with Gasteiger partial charge in [0, 0.05) is 6.42 Å². The molecule has 14 heavy (non-hydrogen) atoms. The van der Waals surface area contributed by atoms with E-state index in [1.807, 2.05) is 0 Å². The Morgan fingerprint density at radius 1 is 1.43 bits per heavy atom. The van der Waals surface area contributed by atoms with Crippen LogP contribution in [-0.2, 0) is 4.79 Å². The lowest BCUT2D eigenvalue weighted by atomic mass is 10.1. The summed E-state index contributed by atoms with van der Waals surface area (Å²) < 4.78 is 0. The van der Waals surface area contributed by atoms with Gasteiger partial charge in [0.25, 0.3) is 0 Å². The Morgan fingerprint density at radius 2 is 2.14 bits per heavy atom.